The fraction of sp³-hybridized carbons (Fsp3) is 0.346. The van der Waals surface area contributed by atoms with Crippen molar-refractivity contribution in [3.63, 3.8) is 0 Å². The molecule has 1 amide bonds. The maximum Gasteiger partial charge on any atom is 0.278 e. The number of benzene rings is 1. The number of aliphatic hydroxyl groups is 1. The molecule has 204 valence electrons. The highest BCUT2D eigenvalue weighted by atomic mass is 35.5. The molecule has 1 aliphatic heterocycles. The predicted octanol–water partition coefficient (Wildman–Crippen LogP) is 3.26. The van der Waals surface area contributed by atoms with Gasteiger partial charge in [0.25, 0.3) is 5.56 Å². The molecule has 1 unspecified atom stereocenters. The summed E-state index contributed by atoms with van der Waals surface area (Å²) in [6.45, 7) is 2.61. The van der Waals surface area contributed by atoms with Crippen LogP contribution in [0, 0.1) is 0 Å². The van der Waals surface area contributed by atoms with Crippen LogP contribution < -0.4 is 16.2 Å². The number of ether oxygens (including phenoxy) is 1. The van der Waals surface area contributed by atoms with Crippen LogP contribution in [0.25, 0.3) is 16.8 Å². The predicted molar refractivity (Wildman–Crippen MR) is 147 cm³/mol. The second-order valence-corrected chi connectivity index (χ2v) is 10.1. The summed E-state index contributed by atoms with van der Waals surface area (Å²) in [5.41, 5.74) is 1.51. The van der Waals surface area contributed by atoms with Gasteiger partial charge in [-0.25, -0.2) is 14.5 Å². The lowest BCUT2D eigenvalue weighted by Crippen LogP contribution is -2.39. The molecular weight excluding hydrogens is 545 g/mol. The molecule has 1 saturated heterocycles. The Labute approximate surface area is 233 Å². The number of fused-ring (bicyclic) bond motifs is 1. The van der Waals surface area contributed by atoms with E-state index < -0.39 is 23.6 Å². The molecule has 1 aromatic carbocycles. The Hall–Kier alpha value is -3.51. The third kappa shape index (κ3) is 5.91. The Morgan fingerprint density at radius 2 is 2.05 bits per heavy atom. The third-order valence-corrected chi connectivity index (χ3v) is 7.19. The van der Waals surface area contributed by atoms with Crippen molar-refractivity contribution in [1.82, 2.24) is 29.5 Å². The molecule has 0 bridgehead atoms. The average Bonchev–Trinajstić information content (AvgIpc) is 3.38. The van der Waals surface area contributed by atoms with Gasteiger partial charge in [0.1, 0.15) is 17.9 Å². The van der Waals surface area contributed by atoms with E-state index >= 15 is 0 Å². The fourth-order valence-electron chi connectivity index (χ4n) is 4.45. The maximum absolute atomic E-state index is 13.4. The minimum atomic E-state index is -0.903. The number of aliphatic hydroxyl groups excluding tert-OH is 1. The van der Waals surface area contributed by atoms with Gasteiger partial charge >= 0.3 is 0 Å². The van der Waals surface area contributed by atoms with Crippen LogP contribution in [0.15, 0.2) is 53.8 Å². The second kappa shape index (κ2) is 11.7. The molecule has 39 heavy (non-hydrogen) atoms. The van der Waals surface area contributed by atoms with Crippen LogP contribution in [0.3, 0.4) is 0 Å². The van der Waals surface area contributed by atoms with Crippen LogP contribution in [0.1, 0.15) is 37.4 Å². The van der Waals surface area contributed by atoms with Gasteiger partial charge in [-0.3, -0.25) is 14.2 Å². The van der Waals surface area contributed by atoms with Crippen LogP contribution >= 0.6 is 23.2 Å². The van der Waals surface area contributed by atoms with Gasteiger partial charge in [0.05, 0.1) is 29.6 Å². The third-order valence-electron chi connectivity index (χ3n) is 6.67. The number of anilines is 1. The lowest BCUT2D eigenvalue weighted by molar-refractivity contribution is -0.125. The van der Waals surface area contributed by atoms with Crippen molar-refractivity contribution in [2.24, 2.45) is 0 Å². The highest BCUT2D eigenvalue weighted by molar-refractivity contribution is 6.33. The monoisotopic (exact) mass is 571 g/mol. The average molecular weight is 572 g/mol. The Morgan fingerprint density at radius 1 is 1.26 bits per heavy atom. The number of carbonyl (C=O) groups excluding carboxylic acids is 1. The van der Waals surface area contributed by atoms with Gasteiger partial charge in [-0.05, 0) is 43.5 Å². The molecule has 13 heteroatoms. The summed E-state index contributed by atoms with van der Waals surface area (Å²) in [5.74, 6) is -0.0258. The van der Waals surface area contributed by atoms with Gasteiger partial charge in [0, 0.05) is 36.0 Å². The summed E-state index contributed by atoms with van der Waals surface area (Å²) in [5, 5.41) is 21.1. The lowest BCUT2D eigenvalue weighted by atomic mass is 10.1. The van der Waals surface area contributed by atoms with Crippen molar-refractivity contribution in [3.8, 4) is 11.3 Å². The van der Waals surface area contributed by atoms with Gasteiger partial charge < -0.3 is 20.5 Å². The van der Waals surface area contributed by atoms with E-state index in [1.54, 1.807) is 43.5 Å². The zero-order valence-corrected chi connectivity index (χ0v) is 22.6. The number of aromatic nitrogens is 5. The summed E-state index contributed by atoms with van der Waals surface area (Å²) in [6.07, 6.45) is 6.18. The molecule has 4 aromatic rings. The van der Waals surface area contributed by atoms with E-state index in [-0.39, 0.29) is 18.2 Å². The van der Waals surface area contributed by atoms with Crippen LogP contribution in [-0.4, -0.2) is 61.0 Å². The van der Waals surface area contributed by atoms with Crippen molar-refractivity contribution in [2.75, 3.05) is 25.1 Å². The first-order valence-electron chi connectivity index (χ1n) is 12.5. The van der Waals surface area contributed by atoms with Crippen molar-refractivity contribution < 1.29 is 14.6 Å². The number of rotatable bonds is 8. The van der Waals surface area contributed by atoms with Gasteiger partial charge in [0.2, 0.25) is 11.9 Å². The Kier molecular flexibility index (Phi) is 8.12. The van der Waals surface area contributed by atoms with Gasteiger partial charge in [-0.1, -0.05) is 35.3 Å². The lowest BCUT2D eigenvalue weighted by Gasteiger charge is -2.23. The number of halogens is 2. The van der Waals surface area contributed by atoms with E-state index in [4.69, 9.17) is 27.9 Å². The number of nitrogens with one attached hydrogen (secondary N) is 2. The molecule has 4 heterocycles. The van der Waals surface area contributed by atoms with Gasteiger partial charge in [0.15, 0.2) is 0 Å². The van der Waals surface area contributed by atoms with Gasteiger partial charge in [-0.15, -0.1) is 0 Å². The largest absolute Gasteiger partial charge is 0.394 e. The standard InChI is InChI=1S/C26H27Cl2N7O4/c1-15(24(37)32-21(13-36)16-3-2-4-18(27)9-16)34-14-30-35-12-17(10-22(35)25(34)38)23-20(28)11-29-26(33-23)31-19-5-7-39-8-6-19/h2-4,9-12,14-15,19,21,36H,5-8,13H2,1H3,(H,32,37)(H,29,31,33)/t15-,21?/m0/s1. The summed E-state index contributed by atoms with van der Waals surface area (Å²) in [6, 6.07) is 7.09. The van der Waals surface area contributed by atoms with Crippen molar-refractivity contribution in [3.05, 3.63) is 75.0 Å². The first-order chi connectivity index (χ1) is 18.8. The molecule has 3 aromatic heterocycles. The number of carbonyl (C=O) groups is 1. The summed E-state index contributed by atoms with van der Waals surface area (Å²) < 4.78 is 8.06. The Balaban J connectivity index is 1.39. The Bertz CT molecular complexity index is 1550. The normalized spacial score (nSPS) is 15.7. The summed E-state index contributed by atoms with van der Waals surface area (Å²) in [4.78, 5) is 35.3. The molecule has 0 aliphatic carbocycles. The quantitative estimate of drug-likeness (QED) is 0.293. The maximum atomic E-state index is 13.4. The molecule has 0 radical (unpaired) electrons. The highest BCUT2D eigenvalue weighted by Gasteiger charge is 2.23. The van der Waals surface area contributed by atoms with Crippen LogP contribution in [0.4, 0.5) is 5.95 Å². The molecule has 1 aliphatic rings. The number of amides is 1. The number of hydrogen-bond donors (Lipinski definition) is 3. The fourth-order valence-corrected chi connectivity index (χ4v) is 4.85. The highest BCUT2D eigenvalue weighted by Crippen LogP contribution is 2.28. The summed E-state index contributed by atoms with van der Waals surface area (Å²) in [7, 11) is 0. The molecule has 3 N–H and O–H groups in total. The molecule has 2 atom stereocenters. The van der Waals surface area contributed by atoms with E-state index in [1.807, 2.05) is 0 Å². The van der Waals surface area contributed by atoms with Gasteiger partial charge in [-0.2, -0.15) is 5.10 Å². The van der Waals surface area contributed by atoms with Crippen molar-refractivity contribution in [2.45, 2.75) is 37.9 Å². The molecule has 11 nitrogen and oxygen atoms in total. The molecular formula is C26H27Cl2N7O4. The van der Waals surface area contributed by atoms with E-state index in [1.165, 1.54) is 21.6 Å². The zero-order valence-electron chi connectivity index (χ0n) is 21.1. The number of hydrogen-bond acceptors (Lipinski definition) is 8. The topological polar surface area (TPSA) is 136 Å². The van der Waals surface area contributed by atoms with E-state index in [9.17, 15) is 14.7 Å². The minimum absolute atomic E-state index is 0.201. The molecule has 0 saturated carbocycles. The Morgan fingerprint density at radius 3 is 2.79 bits per heavy atom. The van der Waals surface area contributed by atoms with Crippen molar-refractivity contribution >= 4 is 40.6 Å². The second-order valence-electron chi connectivity index (χ2n) is 9.30. The molecule has 0 spiro atoms. The molecule has 1 fully saturated rings. The minimum Gasteiger partial charge on any atom is -0.394 e. The first-order valence-corrected chi connectivity index (χ1v) is 13.2. The van der Waals surface area contributed by atoms with E-state index in [0.717, 1.165) is 12.8 Å². The van der Waals surface area contributed by atoms with E-state index in [0.29, 0.717) is 46.0 Å². The zero-order chi connectivity index (χ0) is 27.5. The SMILES string of the molecule is C[C@@H](C(=O)NC(CO)c1cccc(Cl)c1)n1cnn2cc(-c3nc(NC4CCOCC4)ncc3Cl)cc2c1=O. The first kappa shape index (κ1) is 27.1. The van der Waals surface area contributed by atoms with Crippen LogP contribution in [0.5, 0.6) is 0 Å². The number of nitrogens with zero attached hydrogens (tertiary/aromatic N) is 5. The van der Waals surface area contributed by atoms with Crippen molar-refractivity contribution in [1.29, 1.82) is 0 Å². The molecule has 5 rings (SSSR count). The van der Waals surface area contributed by atoms with E-state index in [2.05, 4.69) is 25.7 Å². The summed E-state index contributed by atoms with van der Waals surface area (Å²) >= 11 is 12.5. The van der Waals surface area contributed by atoms with Crippen LogP contribution in [0.2, 0.25) is 10.0 Å². The van der Waals surface area contributed by atoms with Crippen LogP contribution in [-0.2, 0) is 9.53 Å². The smallest absolute Gasteiger partial charge is 0.278 e.